The van der Waals surface area contributed by atoms with E-state index < -0.39 is 5.60 Å². The third-order valence-electron chi connectivity index (χ3n) is 4.63. The molecule has 0 aliphatic heterocycles. The van der Waals surface area contributed by atoms with Crippen LogP contribution in [0.5, 0.6) is 0 Å². The van der Waals surface area contributed by atoms with Gasteiger partial charge in [0, 0.05) is 32.4 Å². The number of amides is 1. The topological polar surface area (TPSA) is 45.5 Å². The number of likely N-dealkylation sites (N-methyl/N-ethyl adjacent to an activating group) is 1. The highest BCUT2D eigenvalue weighted by Crippen LogP contribution is 2.30. The van der Waals surface area contributed by atoms with Gasteiger partial charge in [0.25, 0.3) is 5.91 Å². The van der Waals surface area contributed by atoms with Crippen molar-refractivity contribution in [2.45, 2.75) is 31.4 Å². The molecule has 1 amide bonds. The normalized spacial score (nSPS) is 20.2. The van der Waals surface area contributed by atoms with Crippen LogP contribution in [0.3, 0.4) is 0 Å². The fraction of sp³-hybridized carbons (Fsp3) is 0.389. The van der Waals surface area contributed by atoms with E-state index in [2.05, 4.69) is 6.07 Å². The second kappa shape index (κ2) is 6.02. The molecular weight excluding hydrogens is 312 g/mol. The van der Waals surface area contributed by atoms with Crippen molar-refractivity contribution in [3.63, 3.8) is 0 Å². The maximum Gasteiger partial charge on any atom is 0.254 e. The number of aliphatic hydroxyl groups is 1. The number of fused-ring (bicyclic) bond motifs is 1. The number of rotatable bonds is 3. The molecule has 0 spiro atoms. The van der Waals surface area contributed by atoms with Gasteiger partial charge in [0.2, 0.25) is 0 Å². The highest BCUT2D eigenvalue weighted by Gasteiger charge is 2.40. The summed E-state index contributed by atoms with van der Waals surface area (Å²) in [5, 5.41) is 11.5. The molecule has 1 aromatic heterocycles. The van der Waals surface area contributed by atoms with E-state index in [0.29, 0.717) is 24.4 Å². The summed E-state index contributed by atoms with van der Waals surface area (Å²) < 4.78 is 1.90. The zero-order chi connectivity index (χ0) is 16.6. The SMILES string of the molecule is CN(Cc1cc(Cl)cn1C)C(=O)C1(O)CCc2ccccc2C1. The average Bonchev–Trinajstić information content (AvgIpc) is 2.84. The molecule has 0 fully saturated rings. The van der Waals surface area contributed by atoms with Crippen LogP contribution in [0.1, 0.15) is 23.2 Å². The lowest BCUT2D eigenvalue weighted by Gasteiger charge is -2.35. The molecule has 1 aliphatic rings. The predicted molar refractivity (Wildman–Crippen MR) is 90.3 cm³/mol. The number of halogens is 1. The van der Waals surface area contributed by atoms with E-state index in [0.717, 1.165) is 17.7 Å². The standard InChI is InChI=1S/C18H21ClN2O2/c1-20-11-15(19)9-16(20)12-21(2)17(22)18(23)8-7-13-5-3-4-6-14(13)10-18/h3-6,9,11,23H,7-8,10,12H2,1-2H3. The molecule has 1 heterocycles. The second-order valence-electron chi connectivity index (χ2n) is 6.40. The van der Waals surface area contributed by atoms with Gasteiger partial charge in [0.15, 0.2) is 0 Å². The van der Waals surface area contributed by atoms with E-state index in [1.807, 2.05) is 35.9 Å². The van der Waals surface area contributed by atoms with Gasteiger partial charge in [-0.25, -0.2) is 0 Å². The first-order valence-electron chi connectivity index (χ1n) is 7.74. The molecule has 1 aliphatic carbocycles. The monoisotopic (exact) mass is 332 g/mol. The van der Waals surface area contributed by atoms with Crippen molar-refractivity contribution in [3.05, 3.63) is 58.4 Å². The Bertz CT molecular complexity index is 740. The van der Waals surface area contributed by atoms with Crippen LogP contribution in [0.4, 0.5) is 0 Å². The van der Waals surface area contributed by atoms with Crippen LogP contribution in [0, 0.1) is 0 Å². The van der Waals surface area contributed by atoms with Gasteiger partial charge in [-0.05, 0) is 30.0 Å². The van der Waals surface area contributed by atoms with E-state index in [9.17, 15) is 9.90 Å². The van der Waals surface area contributed by atoms with Crippen molar-refractivity contribution in [1.82, 2.24) is 9.47 Å². The molecule has 122 valence electrons. The zero-order valence-corrected chi connectivity index (χ0v) is 14.2. The third-order valence-corrected chi connectivity index (χ3v) is 4.83. The molecule has 2 aromatic rings. The molecule has 0 bridgehead atoms. The van der Waals surface area contributed by atoms with Crippen molar-refractivity contribution < 1.29 is 9.90 Å². The minimum atomic E-state index is -1.32. The fourth-order valence-electron chi connectivity index (χ4n) is 3.29. The van der Waals surface area contributed by atoms with Gasteiger partial charge < -0.3 is 14.6 Å². The van der Waals surface area contributed by atoms with Crippen molar-refractivity contribution in [1.29, 1.82) is 0 Å². The van der Waals surface area contributed by atoms with E-state index in [1.165, 1.54) is 5.56 Å². The highest BCUT2D eigenvalue weighted by molar-refractivity contribution is 6.30. The summed E-state index contributed by atoms with van der Waals surface area (Å²) in [6.45, 7) is 0.423. The van der Waals surface area contributed by atoms with Crippen molar-refractivity contribution >= 4 is 17.5 Å². The summed E-state index contributed by atoms with van der Waals surface area (Å²) in [7, 11) is 3.62. The molecule has 23 heavy (non-hydrogen) atoms. The quantitative estimate of drug-likeness (QED) is 0.939. The Morgan fingerprint density at radius 3 is 2.74 bits per heavy atom. The van der Waals surface area contributed by atoms with Crippen LogP contribution in [0.15, 0.2) is 36.5 Å². The number of hydrogen-bond acceptors (Lipinski definition) is 2. The first-order chi connectivity index (χ1) is 10.9. The van der Waals surface area contributed by atoms with Crippen molar-refractivity contribution in [2.24, 2.45) is 7.05 Å². The molecule has 1 unspecified atom stereocenters. The largest absolute Gasteiger partial charge is 0.380 e. The van der Waals surface area contributed by atoms with Crippen LogP contribution in [-0.2, 0) is 31.2 Å². The minimum Gasteiger partial charge on any atom is -0.380 e. The summed E-state index contributed by atoms with van der Waals surface area (Å²) in [5.74, 6) is -0.232. The molecular formula is C18H21ClN2O2. The van der Waals surface area contributed by atoms with Crippen LogP contribution < -0.4 is 0 Å². The maximum atomic E-state index is 12.8. The molecule has 0 radical (unpaired) electrons. The Morgan fingerprint density at radius 2 is 2.09 bits per heavy atom. The Kier molecular flexibility index (Phi) is 4.21. The number of nitrogens with zero attached hydrogens (tertiary/aromatic N) is 2. The Labute approximate surface area is 141 Å². The lowest BCUT2D eigenvalue weighted by Crippen LogP contribution is -2.50. The van der Waals surface area contributed by atoms with E-state index in [1.54, 1.807) is 18.1 Å². The Balaban J connectivity index is 1.76. The maximum absolute atomic E-state index is 12.8. The van der Waals surface area contributed by atoms with Crippen LogP contribution in [-0.4, -0.2) is 33.1 Å². The molecule has 4 nitrogen and oxygen atoms in total. The van der Waals surface area contributed by atoms with Crippen molar-refractivity contribution in [2.75, 3.05) is 7.05 Å². The Hall–Kier alpha value is -1.78. The Morgan fingerprint density at radius 1 is 1.39 bits per heavy atom. The smallest absolute Gasteiger partial charge is 0.254 e. The average molecular weight is 333 g/mol. The minimum absolute atomic E-state index is 0.232. The second-order valence-corrected chi connectivity index (χ2v) is 6.84. The molecule has 3 rings (SSSR count). The number of aromatic nitrogens is 1. The van der Waals surface area contributed by atoms with Crippen LogP contribution >= 0.6 is 11.6 Å². The predicted octanol–water partition coefficient (Wildman–Crippen LogP) is 2.56. The summed E-state index contributed by atoms with van der Waals surface area (Å²) in [5.41, 5.74) is 1.90. The molecule has 0 saturated carbocycles. The molecule has 1 aromatic carbocycles. The van der Waals surface area contributed by atoms with E-state index >= 15 is 0 Å². The number of carbonyl (C=O) groups is 1. The van der Waals surface area contributed by atoms with Gasteiger partial charge in [-0.1, -0.05) is 35.9 Å². The lowest BCUT2D eigenvalue weighted by molar-refractivity contribution is -0.151. The number of benzene rings is 1. The van der Waals surface area contributed by atoms with Gasteiger partial charge in [0.05, 0.1) is 11.6 Å². The zero-order valence-electron chi connectivity index (χ0n) is 13.4. The summed E-state index contributed by atoms with van der Waals surface area (Å²) in [6.07, 6.45) is 3.37. The third kappa shape index (κ3) is 3.14. The van der Waals surface area contributed by atoms with Crippen LogP contribution in [0.2, 0.25) is 5.02 Å². The van der Waals surface area contributed by atoms with Gasteiger partial charge >= 0.3 is 0 Å². The van der Waals surface area contributed by atoms with Gasteiger partial charge in [-0.3, -0.25) is 4.79 Å². The lowest BCUT2D eigenvalue weighted by atomic mass is 9.79. The molecule has 1 atom stereocenters. The number of aryl methyl sites for hydroxylation is 2. The summed E-state index contributed by atoms with van der Waals surface area (Å²) >= 11 is 5.99. The van der Waals surface area contributed by atoms with Gasteiger partial charge in [-0.15, -0.1) is 0 Å². The van der Waals surface area contributed by atoms with Crippen LogP contribution in [0.25, 0.3) is 0 Å². The fourth-order valence-corrected chi connectivity index (χ4v) is 3.57. The highest BCUT2D eigenvalue weighted by atomic mass is 35.5. The van der Waals surface area contributed by atoms with Gasteiger partial charge in [-0.2, -0.15) is 0 Å². The first-order valence-corrected chi connectivity index (χ1v) is 8.12. The van der Waals surface area contributed by atoms with Crippen molar-refractivity contribution in [3.8, 4) is 0 Å². The molecule has 1 N–H and O–H groups in total. The summed E-state index contributed by atoms with van der Waals surface area (Å²) in [4.78, 5) is 14.4. The number of hydrogen-bond donors (Lipinski definition) is 1. The number of carbonyl (C=O) groups excluding carboxylic acids is 1. The molecule has 5 heteroatoms. The van der Waals surface area contributed by atoms with E-state index in [-0.39, 0.29) is 5.91 Å². The van der Waals surface area contributed by atoms with E-state index in [4.69, 9.17) is 11.6 Å². The molecule has 0 saturated heterocycles. The first kappa shape index (κ1) is 16.1. The van der Waals surface area contributed by atoms with Gasteiger partial charge in [0.1, 0.15) is 5.60 Å². The summed E-state index contributed by atoms with van der Waals surface area (Å²) in [6, 6.07) is 9.84.